The van der Waals surface area contributed by atoms with Crippen LogP contribution >= 0.6 is 22.7 Å². The average molecular weight is 1160 g/mol. The number of aromatic nitrogens is 2. The van der Waals surface area contributed by atoms with Gasteiger partial charge in [0.25, 0.3) is 17.7 Å². The summed E-state index contributed by atoms with van der Waals surface area (Å²) in [6.45, 7) is 5.97. The maximum Gasteiger partial charge on any atom is 0.335 e. The molecule has 2 saturated heterocycles. The van der Waals surface area contributed by atoms with E-state index in [1.807, 2.05) is 13.8 Å². The number of nitrogens with zero attached hydrogens (tertiary/aromatic N) is 2. The summed E-state index contributed by atoms with van der Waals surface area (Å²) in [4.78, 5) is 58.9. The lowest BCUT2D eigenvalue weighted by Crippen LogP contribution is -2.31. The zero-order valence-electron chi connectivity index (χ0n) is 43.1. The van der Waals surface area contributed by atoms with Gasteiger partial charge in [0.1, 0.15) is 11.5 Å². The predicted molar refractivity (Wildman–Crippen MR) is 293 cm³/mol. The molecule has 2 aromatic heterocycles. The Morgan fingerprint density at radius 2 is 0.937 bits per heavy atom. The molecule has 2 unspecified atom stereocenters. The number of hydrogen-bond donors (Lipinski definition) is 4. The molecule has 0 radical (unpaired) electrons. The van der Waals surface area contributed by atoms with E-state index in [1.54, 1.807) is 60.7 Å². The minimum atomic E-state index is -3.34. The van der Waals surface area contributed by atoms with Crippen LogP contribution in [0.4, 0.5) is 10.3 Å². The third-order valence-corrected chi connectivity index (χ3v) is 19.1. The zero-order valence-corrected chi connectivity index (χ0v) is 46.4. The van der Waals surface area contributed by atoms with Gasteiger partial charge in [0.05, 0.1) is 50.5 Å². The Bertz CT molecular complexity index is 3300. The minimum Gasteiger partial charge on any atom is -0.478 e. The second kappa shape index (κ2) is 25.6. The molecule has 2 aliphatic heterocycles. The molecule has 0 spiro atoms. The number of rotatable bonds is 21. The number of benzene rings is 4. The second-order valence-corrected chi connectivity index (χ2v) is 25.9. The molecule has 4 aromatic carbocycles. The van der Waals surface area contributed by atoms with Crippen molar-refractivity contribution in [1.82, 2.24) is 15.3 Å². The number of anilines is 2. The number of ether oxygens (including phenoxy) is 6. The molecule has 4 fully saturated rings. The number of nitrogens with one attached hydrogen (secondary N) is 3. The van der Waals surface area contributed by atoms with Crippen molar-refractivity contribution in [3.63, 3.8) is 0 Å². The SMILES string of the molecule is CC(C)NC(=O)c1ccc(Oc2cnc(NC(=O)C(OC3CCOCC3)c3ccc(S(=O)(=O)C4CC4)cc3)s2)cc1.O=C(O)c1ccc(Oc2cnc(NC(=O)C(OC3CCOCC3)c3ccc(S(=O)(=O)C4CC4)cc3)s2)cc1. The first-order valence-electron chi connectivity index (χ1n) is 25.8. The molecule has 20 nitrogen and oxygen atoms in total. The molecule has 2 atom stereocenters. The first-order chi connectivity index (χ1) is 38.0. The maximum absolute atomic E-state index is 13.4. The molecule has 79 heavy (non-hydrogen) atoms. The van der Waals surface area contributed by atoms with Gasteiger partial charge in [0, 0.05) is 38.0 Å². The van der Waals surface area contributed by atoms with E-state index in [-0.39, 0.29) is 50.0 Å². The van der Waals surface area contributed by atoms with Crippen LogP contribution in [0, 0.1) is 0 Å². The Kier molecular flexibility index (Phi) is 18.5. The van der Waals surface area contributed by atoms with Crippen molar-refractivity contribution in [2.45, 2.75) is 116 Å². The highest BCUT2D eigenvalue weighted by Gasteiger charge is 2.38. The largest absolute Gasteiger partial charge is 0.478 e. The van der Waals surface area contributed by atoms with Gasteiger partial charge in [-0.25, -0.2) is 31.6 Å². The summed E-state index contributed by atoms with van der Waals surface area (Å²) in [5.41, 5.74) is 1.76. The van der Waals surface area contributed by atoms with Crippen LogP contribution in [0.25, 0.3) is 0 Å². The van der Waals surface area contributed by atoms with Crippen LogP contribution in [-0.4, -0.2) is 111 Å². The maximum atomic E-state index is 13.4. The quantitative estimate of drug-likeness (QED) is 0.0522. The molecular formula is C55H59N5O15S4. The third-order valence-electron chi connectivity index (χ3n) is 12.9. The van der Waals surface area contributed by atoms with Crippen LogP contribution in [0.2, 0.25) is 0 Å². The van der Waals surface area contributed by atoms with E-state index < -0.39 is 49.7 Å². The number of thiazole rings is 2. The number of carbonyl (C=O) groups excluding carboxylic acids is 3. The fraction of sp³-hybridized carbons (Fsp3) is 0.382. The van der Waals surface area contributed by atoms with E-state index in [9.17, 15) is 36.0 Å². The molecule has 10 rings (SSSR count). The van der Waals surface area contributed by atoms with E-state index >= 15 is 0 Å². The van der Waals surface area contributed by atoms with Gasteiger partial charge in [-0.05, 0) is 149 Å². The molecule has 418 valence electrons. The van der Waals surface area contributed by atoms with Crippen molar-refractivity contribution in [3.8, 4) is 21.6 Å². The molecular weight excluding hydrogens is 1100 g/mol. The van der Waals surface area contributed by atoms with E-state index in [4.69, 9.17) is 33.5 Å². The number of hydrogen-bond acceptors (Lipinski definition) is 18. The molecule has 0 bridgehead atoms. The summed E-state index contributed by atoms with van der Waals surface area (Å²) in [6, 6.07) is 25.4. The van der Waals surface area contributed by atoms with E-state index in [1.165, 1.54) is 48.8 Å². The number of sulfone groups is 2. The Morgan fingerprint density at radius 1 is 0.557 bits per heavy atom. The van der Waals surface area contributed by atoms with Gasteiger partial charge in [-0.3, -0.25) is 25.0 Å². The minimum absolute atomic E-state index is 0.0359. The third kappa shape index (κ3) is 15.4. The van der Waals surface area contributed by atoms with Gasteiger partial charge >= 0.3 is 5.97 Å². The highest BCUT2D eigenvalue weighted by molar-refractivity contribution is 7.92. The lowest BCUT2D eigenvalue weighted by atomic mass is 10.1. The van der Waals surface area contributed by atoms with Crippen molar-refractivity contribution in [2.24, 2.45) is 0 Å². The standard InChI is InChI=1S/C29H33N3O7S2.C26H26N2O8S2/c1-18(2)31-27(33)20-3-7-21(8-4-20)38-25-17-30-29(40-25)32-28(34)26(39-22-13-15-37-16-14-22)19-5-9-23(10-6-19)41(35,36)24-11-12-24;29-24(28-26-27-15-22(37-26)35-18-5-1-17(2-6-18)25(30)31)23(36-19-11-13-34-14-12-19)16-3-7-20(8-4-16)38(32,33)21-9-10-21/h3-10,17-18,22,24,26H,11-16H2,1-2H3,(H,31,33)(H,30,32,34);1-8,15,19,21,23H,9-14H2,(H,30,31)(H,27,28,29). The van der Waals surface area contributed by atoms with E-state index in [0.29, 0.717) is 126 Å². The van der Waals surface area contributed by atoms with Crippen molar-refractivity contribution in [3.05, 3.63) is 132 Å². The van der Waals surface area contributed by atoms with Gasteiger partial charge in [0.15, 0.2) is 42.1 Å². The Balaban J connectivity index is 0.000000192. The molecule has 4 aliphatic rings. The Morgan fingerprint density at radius 3 is 1.29 bits per heavy atom. The zero-order chi connectivity index (χ0) is 55.7. The Labute approximate surface area is 465 Å². The predicted octanol–water partition coefficient (Wildman–Crippen LogP) is 9.33. The summed E-state index contributed by atoms with van der Waals surface area (Å²) in [7, 11) is -6.68. The molecule has 2 saturated carbocycles. The molecule has 4 heterocycles. The van der Waals surface area contributed by atoms with Crippen LogP contribution in [0.1, 0.15) is 109 Å². The lowest BCUT2D eigenvalue weighted by Gasteiger charge is -2.27. The number of aromatic carboxylic acids is 1. The van der Waals surface area contributed by atoms with Crippen molar-refractivity contribution in [2.75, 3.05) is 37.1 Å². The average Bonchev–Trinajstić information content (AvgIpc) is 4.40. The number of carboxylic acids is 1. The highest BCUT2D eigenvalue weighted by atomic mass is 32.2. The van der Waals surface area contributed by atoms with Crippen LogP contribution < -0.4 is 25.4 Å². The number of carbonyl (C=O) groups is 4. The molecule has 2 aliphatic carbocycles. The number of amides is 3. The molecule has 3 amide bonds. The lowest BCUT2D eigenvalue weighted by molar-refractivity contribution is -0.136. The first-order valence-corrected chi connectivity index (χ1v) is 30.5. The van der Waals surface area contributed by atoms with Gasteiger partial charge in [0.2, 0.25) is 10.1 Å². The highest BCUT2D eigenvalue weighted by Crippen LogP contribution is 2.38. The molecule has 24 heteroatoms. The topological polar surface area (TPSA) is 274 Å². The van der Waals surface area contributed by atoms with E-state index in [0.717, 1.165) is 22.7 Å². The van der Waals surface area contributed by atoms with Gasteiger partial charge < -0.3 is 38.8 Å². The first kappa shape index (κ1) is 57.1. The monoisotopic (exact) mass is 1160 g/mol. The summed E-state index contributed by atoms with van der Waals surface area (Å²) in [6.07, 6.45) is 5.99. The smallest absolute Gasteiger partial charge is 0.335 e. The normalized spacial score (nSPS) is 16.9. The fourth-order valence-electron chi connectivity index (χ4n) is 8.39. The summed E-state index contributed by atoms with van der Waals surface area (Å²) in [5.74, 6) is -1.10. The summed E-state index contributed by atoms with van der Waals surface area (Å²) < 4.78 is 85.2. The van der Waals surface area contributed by atoms with Crippen molar-refractivity contribution < 1.29 is 69.5 Å². The van der Waals surface area contributed by atoms with Crippen molar-refractivity contribution >= 4 is 76.3 Å². The summed E-state index contributed by atoms with van der Waals surface area (Å²) in [5, 5.41) is 18.3. The van der Waals surface area contributed by atoms with Gasteiger partial charge in [-0.15, -0.1) is 0 Å². The summed E-state index contributed by atoms with van der Waals surface area (Å²) >= 11 is 2.25. The fourth-order valence-corrected chi connectivity index (χ4v) is 13.1. The van der Waals surface area contributed by atoms with E-state index in [2.05, 4.69) is 25.9 Å². The number of carboxylic acid groups (broad SMARTS) is 1. The molecule has 4 N–H and O–H groups in total. The molecule has 6 aromatic rings. The Hall–Kier alpha value is -6.64. The van der Waals surface area contributed by atoms with Crippen LogP contribution in [0.15, 0.2) is 119 Å². The van der Waals surface area contributed by atoms with Crippen LogP contribution in [0.3, 0.4) is 0 Å². The van der Waals surface area contributed by atoms with Gasteiger partial charge in [-0.2, -0.15) is 0 Å². The van der Waals surface area contributed by atoms with Gasteiger partial charge in [-0.1, -0.05) is 46.9 Å². The second-order valence-electron chi connectivity index (χ2n) is 19.4. The van der Waals surface area contributed by atoms with Crippen molar-refractivity contribution in [1.29, 1.82) is 0 Å². The van der Waals surface area contributed by atoms with Crippen LogP contribution in [0.5, 0.6) is 21.6 Å². The van der Waals surface area contributed by atoms with Crippen LogP contribution in [-0.2, 0) is 48.2 Å².